The molecule has 0 aliphatic heterocycles. The second-order valence-electron chi connectivity index (χ2n) is 7.71. The smallest absolute Gasteiger partial charge is 0.305 e. The minimum atomic E-state index is -0.729. The lowest BCUT2D eigenvalue weighted by molar-refractivity contribution is -0.149. The van der Waals surface area contributed by atoms with Crippen molar-refractivity contribution in [2.24, 2.45) is 5.73 Å². The Balaban J connectivity index is 2.41. The van der Waals surface area contributed by atoms with E-state index in [4.69, 9.17) is 15.2 Å². The van der Waals surface area contributed by atoms with Crippen LogP contribution >= 0.6 is 0 Å². The Labute approximate surface area is 191 Å². The number of rotatable bonds is 15. The third kappa shape index (κ3) is 12.7. The summed E-state index contributed by atoms with van der Waals surface area (Å²) in [5.41, 5.74) is 7.70. The molecule has 0 saturated heterocycles. The number of hydrogen-bond acceptors (Lipinski definition) is 6. The summed E-state index contributed by atoms with van der Waals surface area (Å²) in [6.07, 6.45) is 7.06. The largest absolute Gasteiger partial charge is 0.463 e. The van der Waals surface area contributed by atoms with Gasteiger partial charge in [-0.1, -0.05) is 54.6 Å². The van der Waals surface area contributed by atoms with Gasteiger partial charge in [-0.3, -0.25) is 14.4 Å². The Kier molecular flexibility index (Phi) is 13.4. The fourth-order valence-electron chi connectivity index (χ4n) is 2.86. The van der Waals surface area contributed by atoms with Crippen molar-refractivity contribution >= 4 is 17.8 Å². The zero-order chi connectivity index (χ0) is 23.8. The maximum atomic E-state index is 12.1. The second-order valence-corrected chi connectivity index (χ2v) is 7.71. The first kappa shape index (κ1) is 27.1. The van der Waals surface area contributed by atoms with E-state index in [1.807, 2.05) is 49.4 Å². The van der Waals surface area contributed by atoms with Gasteiger partial charge >= 0.3 is 11.9 Å². The van der Waals surface area contributed by atoms with Crippen molar-refractivity contribution in [3.63, 3.8) is 0 Å². The van der Waals surface area contributed by atoms with Gasteiger partial charge in [0.15, 0.2) is 0 Å². The number of aryl methyl sites for hydroxylation is 1. The third-order valence-electron chi connectivity index (χ3n) is 4.62. The predicted molar refractivity (Wildman–Crippen MR) is 125 cm³/mol. The molecule has 0 saturated carbocycles. The van der Waals surface area contributed by atoms with Gasteiger partial charge in [0.1, 0.15) is 13.2 Å². The van der Waals surface area contributed by atoms with Crippen LogP contribution in [0.25, 0.3) is 0 Å². The lowest BCUT2D eigenvalue weighted by Crippen LogP contribution is -2.48. The lowest BCUT2D eigenvalue weighted by atomic mass is 10.1. The van der Waals surface area contributed by atoms with Crippen molar-refractivity contribution < 1.29 is 23.9 Å². The monoisotopic (exact) mass is 444 g/mol. The van der Waals surface area contributed by atoms with Crippen LogP contribution in [0.3, 0.4) is 0 Å². The average molecular weight is 445 g/mol. The topological polar surface area (TPSA) is 108 Å². The van der Waals surface area contributed by atoms with Gasteiger partial charge in [-0.05, 0) is 45.1 Å². The Hall–Kier alpha value is -2.93. The molecule has 176 valence electrons. The summed E-state index contributed by atoms with van der Waals surface area (Å²) < 4.78 is 10.6. The van der Waals surface area contributed by atoms with Crippen LogP contribution in [-0.2, 0) is 30.3 Å². The molecule has 0 spiro atoms. The molecule has 1 aromatic carbocycles. The molecule has 7 heteroatoms. The molecular weight excluding hydrogens is 408 g/mol. The molecule has 3 N–H and O–H groups in total. The first-order valence-corrected chi connectivity index (χ1v) is 11.0. The van der Waals surface area contributed by atoms with Crippen molar-refractivity contribution in [3.05, 3.63) is 60.2 Å². The van der Waals surface area contributed by atoms with Gasteiger partial charge in [-0.2, -0.15) is 0 Å². The van der Waals surface area contributed by atoms with E-state index >= 15 is 0 Å². The Morgan fingerprint density at radius 3 is 2.19 bits per heavy atom. The SMILES string of the molecule is C=C(C=CC)CCCC(=O)OCC(COC(=O)CCCc1ccccc1)NC(=O)C(C)N. The zero-order valence-corrected chi connectivity index (χ0v) is 19.2. The Morgan fingerprint density at radius 2 is 1.62 bits per heavy atom. The van der Waals surface area contributed by atoms with E-state index in [0.717, 1.165) is 17.6 Å². The number of carbonyl (C=O) groups is 3. The number of benzene rings is 1. The van der Waals surface area contributed by atoms with Crippen molar-refractivity contribution in [3.8, 4) is 0 Å². The molecule has 0 aliphatic rings. The summed E-state index contributed by atoms with van der Waals surface area (Å²) >= 11 is 0. The molecule has 2 atom stereocenters. The number of esters is 2. The molecule has 1 amide bonds. The van der Waals surface area contributed by atoms with Gasteiger partial charge < -0.3 is 20.5 Å². The minimum absolute atomic E-state index is 0.0893. The summed E-state index contributed by atoms with van der Waals surface area (Å²) in [5, 5.41) is 2.66. The number of nitrogens with two attached hydrogens (primary N) is 1. The highest BCUT2D eigenvalue weighted by atomic mass is 16.5. The van der Waals surface area contributed by atoms with Crippen molar-refractivity contribution in [1.29, 1.82) is 0 Å². The Morgan fingerprint density at radius 1 is 1.03 bits per heavy atom. The van der Waals surface area contributed by atoms with Crippen LogP contribution < -0.4 is 11.1 Å². The minimum Gasteiger partial charge on any atom is -0.463 e. The van der Waals surface area contributed by atoms with Crippen LogP contribution in [0, 0.1) is 0 Å². The van der Waals surface area contributed by atoms with E-state index in [1.54, 1.807) is 6.92 Å². The van der Waals surface area contributed by atoms with E-state index < -0.39 is 18.0 Å². The van der Waals surface area contributed by atoms with Crippen LogP contribution in [-0.4, -0.2) is 43.1 Å². The van der Waals surface area contributed by atoms with Gasteiger partial charge in [0.2, 0.25) is 5.91 Å². The number of hydrogen-bond donors (Lipinski definition) is 2. The number of ether oxygens (including phenoxy) is 2. The molecular formula is C25H36N2O5. The van der Waals surface area contributed by atoms with Crippen LogP contribution in [0.2, 0.25) is 0 Å². The maximum Gasteiger partial charge on any atom is 0.305 e. The van der Waals surface area contributed by atoms with Gasteiger partial charge in [-0.15, -0.1) is 0 Å². The second kappa shape index (κ2) is 15.8. The average Bonchev–Trinajstić information content (AvgIpc) is 2.76. The molecule has 2 unspecified atom stereocenters. The third-order valence-corrected chi connectivity index (χ3v) is 4.62. The number of amides is 1. The fraction of sp³-hybridized carbons (Fsp3) is 0.480. The highest BCUT2D eigenvalue weighted by molar-refractivity contribution is 5.81. The van der Waals surface area contributed by atoms with Crippen molar-refractivity contribution in [1.82, 2.24) is 5.32 Å². The highest BCUT2D eigenvalue weighted by Gasteiger charge is 2.19. The van der Waals surface area contributed by atoms with E-state index in [1.165, 1.54) is 0 Å². The van der Waals surface area contributed by atoms with Gasteiger partial charge in [0, 0.05) is 12.8 Å². The summed E-state index contributed by atoms with van der Waals surface area (Å²) in [4.78, 5) is 36.0. The van der Waals surface area contributed by atoms with Crippen LogP contribution in [0.4, 0.5) is 0 Å². The molecule has 0 aliphatic carbocycles. The van der Waals surface area contributed by atoms with Crippen molar-refractivity contribution in [2.45, 2.75) is 64.5 Å². The maximum absolute atomic E-state index is 12.1. The van der Waals surface area contributed by atoms with E-state index in [-0.39, 0.29) is 38.0 Å². The summed E-state index contributed by atoms with van der Waals surface area (Å²) in [6, 6.07) is 8.49. The first-order valence-electron chi connectivity index (χ1n) is 11.0. The van der Waals surface area contributed by atoms with E-state index in [2.05, 4.69) is 11.9 Å². The number of allylic oxidation sites excluding steroid dienone is 3. The summed E-state index contributed by atoms with van der Waals surface area (Å²) in [7, 11) is 0. The fourth-order valence-corrected chi connectivity index (χ4v) is 2.86. The predicted octanol–water partition coefficient (Wildman–Crippen LogP) is 3.23. The highest BCUT2D eigenvalue weighted by Crippen LogP contribution is 2.08. The first-order chi connectivity index (χ1) is 15.3. The molecule has 7 nitrogen and oxygen atoms in total. The molecule has 0 radical (unpaired) electrons. The van der Waals surface area contributed by atoms with Gasteiger partial charge in [-0.25, -0.2) is 0 Å². The summed E-state index contributed by atoms with van der Waals surface area (Å²) in [6.45, 7) is 7.17. The number of carbonyl (C=O) groups excluding carboxylic acids is 3. The van der Waals surface area contributed by atoms with Gasteiger partial charge in [0.25, 0.3) is 0 Å². The Bertz CT molecular complexity index is 759. The molecule has 1 aromatic rings. The number of nitrogens with one attached hydrogen (secondary N) is 1. The van der Waals surface area contributed by atoms with E-state index in [9.17, 15) is 14.4 Å². The quantitative estimate of drug-likeness (QED) is 0.318. The van der Waals surface area contributed by atoms with Crippen LogP contribution in [0.1, 0.15) is 51.5 Å². The summed E-state index contributed by atoms with van der Waals surface area (Å²) in [5.74, 6) is -1.16. The van der Waals surface area contributed by atoms with Crippen molar-refractivity contribution in [2.75, 3.05) is 13.2 Å². The molecule has 0 heterocycles. The van der Waals surface area contributed by atoms with Gasteiger partial charge in [0.05, 0.1) is 12.1 Å². The standard InChI is InChI=1S/C25H36N2O5/c1-4-10-19(2)11-8-15-23(28)31-17-22(27-25(30)20(3)26)18-32-24(29)16-9-14-21-12-6-5-7-13-21/h4-7,10,12-13,20,22H,2,8-9,11,14-18,26H2,1,3H3,(H,27,30). The molecule has 0 aromatic heterocycles. The molecule has 1 rings (SSSR count). The molecule has 32 heavy (non-hydrogen) atoms. The van der Waals surface area contributed by atoms with Crippen LogP contribution in [0.15, 0.2) is 54.6 Å². The van der Waals surface area contributed by atoms with Crippen LogP contribution in [0.5, 0.6) is 0 Å². The zero-order valence-electron chi connectivity index (χ0n) is 19.2. The van der Waals surface area contributed by atoms with E-state index in [0.29, 0.717) is 19.3 Å². The lowest BCUT2D eigenvalue weighted by Gasteiger charge is -2.20. The molecule has 0 fully saturated rings. The normalized spacial score (nSPS) is 12.7. The molecule has 0 bridgehead atoms.